The molecule has 4 atom stereocenters. The Balaban J connectivity index is 4.84. The lowest BCUT2D eigenvalue weighted by Crippen LogP contribution is -2.56. The van der Waals surface area contributed by atoms with E-state index in [2.05, 4.69) is 16.0 Å². The lowest BCUT2D eigenvalue weighted by atomic mass is 10.1. The van der Waals surface area contributed by atoms with Gasteiger partial charge in [0.25, 0.3) is 0 Å². The van der Waals surface area contributed by atoms with Crippen molar-refractivity contribution in [3.63, 3.8) is 0 Å². The first-order valence-electron chi connectivity index (χ1n) is 9.51. The maximum absolute atomic E-state index is 12.4. The number of nitrogens with two attached hydrogens (primary N) is 3. The number of hydrogen-bond acceptors (Lipinski definition) is 8. The van der Waals surface area contributed by atoms with Crippen molar-refractivity contribution in [1.82, 2.24) is 16.0 Å². The van der Waals surface area contributed by atoms with Crippen molar-refractivity contribution in [2.45, 2.75) is 63.3 Å². The van der Waals surface area contributed by atoms with Gasteiger partial charge in [0.1, 0.15) is 6.04 Å². The highest BCUT2D eigenvalue weighted by Crippen LogP contribution is 2.03. The van der Waals surface area contributed by atoms with Crippen molar-refractivity contribution in [3.05, 3.63) is 0 Å². The SMILES string of the molecule is CC(O)C(NC(=O)C(CCCCN)NC(=O)CNC(=O)C(N)CCC(N)=O)C(=O)O. The number of primary amides is 1. The van der Waals surface area contributed by atoms with Crippen LogP contribution in [0.25, 0.3) is 0 Å². The Morgan fingerprint density at radius 3 is 2.13 bits per heavy atom. The number of carboxylic acid groups (broad SMARTS) is 1. The van der Waals surface area contributed by atoms with E-state index in [4.69, 9.17) is 22.3 Å². The summed E-state index contributed by atoms with van der Waals surface area (Å²) in [7, 11) is 0. The topological polar surface area (TPSA) is 240 Å². The zero-order valence-electron chi connectivity index (χ0n) is 16.9. The summed E-state index contributed by atoms with van der Waals surface area (Å²) in [4.78, 5) is 58.2. The largest absolute Gasteiger partial charge is 0.480 e. The van der Waals surface area contributed by atoms with Gasteiger partial charge in [-0.15, -0.1) is 0 Å². The minimum absolute atomic E-state index is 0.0167. The molecule has 11 N–H and O–H groups in total. The predicted molar refractivity (Wildman–Crippen MR) is 105 cm³/mol. The number of amides is 4. The molecular formula is C17H32N6O7. The normalized spacial score (nSPS) is 14.7. The number of rotatable bonds is 15. The third kappa shape index (κ3) is 11.3. The van der Waals surface area contributed by atoms with Crippen LogP contribution in [-0.2, 0) is 24.0 Å². The van der Waals surface area contributed by atoms with Crippen LogP contribution in [-0.4, -0.2) is 77.1 Å². The number of carbonyl (C=O) groups excluding carboxylic acids is 4. The van der Waals surface area contributed by atoms with E-state index in [-0.39, 0.29) is 19.3 Å². The van der Waals surface area contributed by atoms with Crippen LogP contribution in [0.3, 0.4) is 0 Å². The molecule has 0 spiro atoms. The van der Waals surface area contributed by atoms with Crippen LogP contribution in [0.15, 0.2) is 0 Å². The first kappa shape index (κ1) is 27.2. The van der Waals surface area contributed by atoms with E-state index in [1.807, 2.05) is 0 Å². The first-order chi connectivity index (χ1) is 14.0. The standard InChI is InChI=1S/C17H32N6O7/c1-9(24)14(17(29)30)23-16(28)11(4-2-3-7-18)22-13(26)8-21-15(27)10(19)5-6-12(20)25/h9-11,14,24H,2-8,18-19H2,1H3,(H2,20,25)(H,21,27)(H,22,26)(H,23,28)(H,29,30). The highest BCUT2D eigenvalue weighted by Gasteiger charge is 2.29. The van der Waals surface area contributed by atoms with E-state index < -0.39 is 60.4 Å². The van der Waals surface area contributed by atoms with Gasteiger partial charge in [0, 0.05) is 6.42 Å². The minimum Gasteiger partial charge on any atom is -0.480 e. The number of carbonyl (C=O) groups is 5. The van der Waals surface area contributed by atoms with Gasteiger partial charge in [-0.2, -0.15) is 0 Å². The van der Waals surface area contributed by atoms with Crippen LogP contribution in [0.2, 0.25) is 0 Å². The molecule has 0 aliphatic heterocycles. The van der Waals surface area contributed by atoms with Crippen LogP contribution >= 0.6 is 0 Å². The molecule has 0 heterocycles. The summed E-state index contributed by atoms with van der Waals surface area (Å²) in [5.74, 6) is -4.21. The van der Waals surface area contributed by atoms with E-state index in [1.165, 1.54) is 6.92 Å². The van der Waals surface area contributed by atoms with Crippen molar-refractivity contribution in [2.24, 2.45) is 17.2 Å². The Morgan fingerprint density at radius 2 is 1.63 bits per heavy atom. The van der Waals surface area contributed by atoms with Crippen molar-refractivity contribution in [1.29, 1.82) is 0 Å². The summed E-state index contributed by atoms with van der Waals surface area (Å²) in [6, 6.07) is -3.67. The fourth-order valence-electron chi connectivity index (χ4n) is 2.38. The second-order valence-electron chi connectivity index (χ2n) is 6.80. The number of aliphatic hydroxyl groups is 1. The lowest BCUT2D eigenvalue weighted by molar-refractivity contribution is -0.145. The second-order valence-corrected chi connectivity index (χ2v) is 6.80. The van der Waals surface area contributed by atoms with E-state index in [1.54, 1.807) is 0 Å². The molecule has 30 heavy (non-hydrogen) atoms. The van der Waals surface area contributed by atoms with E-state index in [0.717, 1.165) is 0 Å². The summed E-state index contributed by atoms with van der Waals surface area (Å²) in [6.07, 6.45) is -0.197. The molecule has 172 valence electrons. The fraction of sp³-hybridized carbons (Fsp3) is 0.706. The fourth-order valence-corrected chi connectivity index (χ4v) is 2.38. The Hall–Kier alpha value is -2.77. The van der Waals surface area contributed by atoms with Crippen molar-refractivity contribution < 1.29 is 34.2 Å². The highest BCUT2D eigenvalue weighted by molar-refractivity contribution is 5.92. The summed E-state index contributed by atoms with van der Waals surface area (Å²) >= 11 is 0. The van der Waals surface area contributed by atoms with Crippen LogP contribution < -0.4 is 33.2 Å². The second kappa shape index (κ2) is 14.3. The number of unbranched alkanes of at least 4 members (excludes halogenated alkanes) is 1. The summed E-state index contributed by atoms with van der Waals surface area (Å²) in [6.45, 7) is 1.09. The van der Waals surface area contributed by atoms with Gasteiger partial charge in [-0.25, -0.2) is 4.79 Å². The summed E-state index contributed by atoms with van der Waals surface area (Å²) < 4.78 is 0. The Kier molecular flexibility index (Phi) is 12.9. The quantitative estimate of drug-likeness (QED) is 0.118. The van der Waals surface area contributed by atoms with Crippen LogP contribution in [0, 0.1) is 0 Å². The van der Waals surface area contributed by atoms with Crippen molar-refractivity contribution >= 4 is 29.6 Å². The number of hydrogen-bond donors (Lipinski definition) is 8. The maximum atomic E-state index is 12.4. The zero-order chi connectivity index (χ0) is 23.3. The number of aliphatic hydroxyl groups excluding tert-OH is 1. The molecule has 0 radical (unpaired) electrons. The first-order valence-corrected chi connectivity index (χ1v) is 9.51. The zero-order valence-corrected chi connectivity index (χ0v) is 16.9. The van der Waals surface area contributed by atoms with Crippen molar-refractivity contribution in [2.75, 3.05) is 13.1 Å². The molecule has 0 aliphatic carbocycles. The molecule has 0 aromatic carbocycles. The smallest absolute Gasteiger partial charge is 0.328 e. The van der Waals surface area contributed by atoms with E-state index in [0.29, 0.717) is 19.4 Å². The predicted octanol–water partition coefficient (Wildman–Crippen LogP) is -3.74. The van der Waals surface area contributed by atoms with E-state index >= 15 is 0 Å². The molecule has 0 aliphatic rings. The summed E-state index contributed by atoms with van der Waals surface area (Å²) in [5, 5.41) is 25.4. The van der Waals surface area contributed by atoms with Gasteiger partial charge in [-0.1, -0.05) is 0 Å². The Bertz CT molecular complexity index is 613. The average molecular weight is 432 g/mol. The molecule has 13 heteroatoms. The molecule has 0 bridgehead atoms. The highest BCUT2D eigenvalue weighted by atomic mass is 16.4. The monoisotopic (exact) mass is 432 g/mol. The molecule has 4 unspecified atom stereocenters. The van der Waals surface area contributed by atoms with Gasteiger partial charge in [-0.3, -0.25) is 19.2 Å². The van der Waals surface area contributed by atoms with Gasteiger partial charge < -0.3 is 43.4 Å². The molecule has 13 nitrogen and oxygen atoms in total. The van der Waals surface area contributed by atoms with Crippen LogP contribution in [0.5, 0.6) is 0 Å². The molecule has 0 aromatic rings. The third-order valence-corrected chi connectivity index (χ3v) is 4.11. The molecule has 4 amide bonds. The van der Waals surface area contributed by atoms with Gasteiger partial charge in [-0.05, 0) is 39.2 Å². The van der Waals surface area contributed by atoms with Crippen LogP contribution in [0.4, 0.5) is 0 Å². The van der Waals surface area contributed by atoms with Crippen LogP contribution in [0.1, 0.15) is 39.0 Å². The van der Waals surface area contributed by atoms with E-state index in [9.17, 15) is 29.1 Å². The average Bonchev–Trinajstić information content (AvgIpc) is 2.66. The Morgan fingerprint density at radius 1 is 1.00 bits per heavy atom. The Labute approximate surface area is 174 Å². The van der Waals surface area contributed by atoms with Gasteiger partial charge in [0.15, 0.2) is 6.04 Å². The minimum atomic E-state index is -1.55. The third-order valence-electron chi connectivity index (χ3n) is 4.11. The molecule has 0 saturated heterocycles. The number of carboxylic acids is 1. The number of aliphatic carboxylic acids is 1. The lowest BCUT2D eigenvalue weighted by Gasteiger charge is -2.23. The molecule has 0 rings (SSSR count). The molecule has 0 saturated carbocycles. The molecule has 0 fully saturated rings. The van der Waals surface area contributed by atoms with Gasteiger partial charge >= 0.3 is 5.97 Å². The number of nitrogens with one attached hydrogen (secondary N) is 3. The maximum Gasteiger partial charge on any atom is 0.328 e. The van der Waals surface area contributed by atoms with Crippen molar-refractivity contribution in [3.8, 4) is 0 Å². The molecular weight excluding hydrogens is 400 g/mol. The van der Waals surface area contributed by atoms with Gasteiger partial charge in [0.2, 0.25) is 23.6 Å². The molecule has 0 aromatic heterocycles. The summed E-state index contributed by atoms with van der Waals surface area (Å²) in [5.41, 5.74) is 16.0. The van der Waals surface area contributed by atoms with Gasteiger partial charge in [0.05, 0.1) is 18.7 Å².